The van der Waals surface area contributed by atoms with E-state index in [0.717, 1.165) is 0 Å². The van der Waals surface area contributed by atoms with E-state index in [-0.39, 0.29) is 36.8 Å². The van der Waals surface area contributed by atoms with Crippen LogP contribution in [0.25, 0.3) is 11.4 Å². The van der Waals surface area contributed by atoms with E-state index in [1.165, 1.54) is 29.5 Å². The molecule has 9 nitrogen and oxygen atoms in total. The molecule has 0 atom stereocenters. The van der Waals surface area contributed by atoms with Crippen LogP contribution in [0.4, 0.5) is 15.8 Å². The van der Waals surface area contributed by atoms with E-state index in [4.69, 9.17) is 4.52 Å². The Bertz CT molecular complexity index is 1280. The molecule has 1 saturated heterocycles. The van der Waals surface area contributed by atoms with E-state index in [0.29, 0.717) is 28.3 Å². The first kappa shape index (κ1) is 23.6. The Morgan fingerprint density at radius 3 is 2.47 bits per heavy atom. The average Bonchev–Trinajstić information content (AvgIpc) is 3.34. The van der Waals surface area contributed by atoms with Gasteiger partial charge >= 0.3 is 0 Å². The van der Waals surface area contributed by atoms with Crippen molar-refractivity contribution in [3.05, 3.63) is 60.2 Å². The minimum absolute atomic E-state index is 0.0708. The molecule has 4 rings (SSSR count). The fourth-order valence-electron chi connectivity index (χ4n) is 3.80. The molecule has 0 radical (unpaired) electrons. The molecule has 2 aromatic carbocycles. The standard InChI is InChI=1S/C23H23FN4O5S/c1-15-12-19(6-7-20(15)24)28(23(30)17-8-10-34(31,32)11-9-17)13-21(29)26-18-4-2-16(3-5-18)22-25-14-33-27-22/h2-7,12,14,17H,8-11,13H2,1H3,(H,26,29). The topological polar surface area (TPSA) is 122 Å². The quantitative estimate of drug-likeness (QED) is 0.568. The zero-order valence-corrected chi connectivity index (χ0v) is 19.2. The van der Waals surface area contributed by atoms with Gasteiger partial charge < -0.3 is 14.7 Å². The summed E-state index contributed by atoms with van der Waals surface area (Å²) in [6, 6.07) is 11.0. The van der Waals surface area contributed by atoms with Gasteiger partial charge in [0.2, 0.25) is 24.0 Å². The van der Waals surface area contributed by atoms with Gasteiger partial charge in [-0.1, -0.05) is 5.16 Å². The third kappa shape index (κ3) is 5.48. The van der Waals surface area contributed by atoms with E-state index in [2.05, 4.69) is 15.5 Å². The molecule has 1 aliphatic heterocycles. The second kappa shape index (κ2) is 9.72. The number of carbonyl (C=O) groups is 2. The maximum atomic E-state index is 13.8. The molecule has 0 spiro atoms. The van der Waals surface area contributed by atoms with E-state index in [9.17, 15) is 22.4 Å². The van der Waals surface area contributed by atoms with Crippen LogP contribution in [0.1, 0.15) is 18.4 Å². The molecule has 0 unspecified atom stereocenters. The van der Waals surface area contributed by atoms with Gasteiger partial charge in [-0.05, 0) is 67.8 Å². The highest BCUT2D eigenvalue weighted by atomic mass is 32.2. The predicted molar refractivity (Wildman–Crippen MR) is 123 cm³/mol. The number of sulfone groups is 1. The summed E-state index contributed by atoms with van der Waals surface area (Å²) in [4.78, 5) is 31.4. The first-order chi connectivity index (χ1) is 16.2. The van der Waals surface area contributed by atoms with Gasteiger partial charge in [0, 0.05) is 22.9 Å². The van der Waals surface area contributed by atoms with Crippen molar-refractivity contribution < 1.29 is 26.9 Å². The van der Waals surface area contributed by atoms with Crippen LogP contribution in [0, 0.1) is 18.7 Å². The lowest BCUT2D eigenvalue weighted by molar-refractivity contribution is -0.124. The van der Waals surface area contributed by atoms with Crippen molar-refractivity contribution >= 4 is 33.0 Å². The Labute approximate surface area is 195 Å². The summed E-state index contributed by atoms with van der Waals surface area (Å²) in [5.74, 6) is -1.50. The lowest BCUT2D eigenvalue weighted by atomic mass is 10.0. The van der Waals surface area contributed by atoms with Crippen LogP contribution in [-0.2, 0) is 19.4 Å². The molecule has 0 bridgehead atoms. The van der Waals surface area contributed by atoms with Crippen LogP contribution < -0.4 is 10.2 Å². The van der Waals surface area contributed by atoms with E-state index >= 15 is 0 Å². The van der Waals surface area contributed by atoms with Crippen molar-refractivity contribution in [3.8, 4) is 11.4 Å². The number of amides is 2. The molecular formula is C23H23FN4O5S. The molecule has 11 heteroatoms. The number of carbonyl (C=O) groups excluding carboxylic acids is 2. The summed E-state index contributed by atoms with van der Waals surface area (Å²) in [6.45, 7) is 1.26. The Hall–Kier alpha value is -3.60. The van der Waals surface area contributed by atoms with Crippen molar-refractivity contribution in [1.29, 1.82) is 0 Å². The zero-order valence-electron chi connectivity index (χ0n) is 18.4. The summed E-state index contributed by atoms with van der Waals surface area (Å²) < 4.78 is 42.1. The molecule has 34 heavy (non-hydrogen) atoms. The smallest absolute Gasteiger partial charge is 0.244 e. The second-order valence-corrected chi connectivity index (χ2v) is 10.5. The van der Waals surface area contributed by atoms with Gasteiger partial charge in [0.25, 0.3) is 0 Å². The van der Waals surface area contributed by atoms with Crippen LogP contribution in [0.3, 0.4) is 0 Å². The number of hydrogen-bond donors (Lipinski definition) is 1. The Morgan fingerprint density at radius 1 is 1.15 bits per heavy atom. The number of aryl methyl sites for hydroxylation is 1. The number of rotatable bonds is 6. The van der Waals surface area contributed by atoms with Gasteiger partial charge in [0.15, 0.2) is 0 Å². The first-order valence-electron chi connectivity index (χ1n) is 10.7. The number of benzene rings is 2. The number of anilines is 2. The summed E-state index contributed by atoms with van der Waals surface area (Å²) in [7, 11) is -3.15. The number of halogens is 1. The third-order valence-electron chi connectivity index (χ3n) is 5.71. The van der Waals surface area contributed by atoms with E-state index < -0.39 is 27.5 Å². The zero-order chi connectivity index (χ0) is 24.3. The van der Waals surface area contributed by atoms with Gasteiger partial charge in [-0.15, -0.1) is 0 Å². The Balaban J connectivity index is 1.51. The Morgan fingerprint density at radius 2 is 1.85 bits per heavy atom. The van der Waals surface area contributed by atoms with Crippen LogP contribution >= 0.6 is 0 Å². The first-order valence-corrected chi connectivity index (χ1v) is 12.5. The lowest BCUT2D eigenvalue weighted by Gasteiger charge is -2.29. The van der Waals surface area contributed by atoms with Crippen molar-refractivity contribution in [2.24, 2.45) is 5.92 Å². The molecule has 1 fully saturated rings. The molecule has 0 aliphatic carbocycles. The van der Waals surface area contributed by atoms with Crippen LogP contribution in [0.5, 0.6) is 0 Å². The van der Waals surface area contributed by atoms with Gasteiger partial charge in [0.1, 0.15) is 22.2 Å². The lowest BCUT2D eigenvalue weighted by Crippen LogP contribution is -2.43. The van der Waals surface area contributed by atoms with Gasteiger partial charge in [-0.3, -0.25) is 9.59 Å². The highest BCUT2D eigenvalue weighted by molar-refractivity contribution is 7.91. The Kier molecular flexibility index (Phi) is 6.73. The van der Waals surface area contributed by atoms with Crippen molar-refractivity contribution in [1.82, 2.24) is 10.1 Å². The van der Waals surface area contributed by atoms with Crippen LogP contribution in [0.15, 0.2) is 53.4 Å². The molecule has 1 aliphatic rings. The molecule has 178 valence electrons. The minimum Gasteiger partial charge on any atom is -0.342 e. The number of nitrogens with one attached hydrogen (secondary N) is 1. The van der Waals surface area contributed by atoms with Crippen molar-refractivity contribution in [2.75, 3.05) is 28.3 Å². The fraction of sp³-hybridized carbons (Fsp3) is 0.304. The second-order valence-electron chi connectivity index (χ2n) is 8.16. The third-order valence-corrected chi connectivity index (χ3v) is 7.43. The summed E-state index contributed by atoms with van der Waals surface area (Å²) in [6.07, 6.45) is 1.60. The molecule has 2 amide bonds. The molecule has 0 saturated carbocycles. The van der Waals surface area contributed by atoms with E-state index in [1.807, 2.05) is 0 Å². The van der Waals surface area contributed by atoms with Crippen molar-refractivity contribution in [3.63, 3.8) is 0 Å². The number of nitrogens with zero attached hydrogens (tertiary/aromatic N) is 3. The van der Waals surface area contributed by atoms with Gasteiger partial charge in [-0.2, -0.15) is 4.98 Å². The largest absolute Gasteiger partial charge is 0.342 e. The summed E-state index contributed by atoms with van der Waals surface area (Å²) >= 11 is 0. The SMILES string of the molecule is Cc1cc(N(CC(=O)Nc2ccc(-c3ncon3)cc2)C(=O)C2CCS(=O)(=O)CC2)ccc1F. The number of hydrogen-bond acceptors (Lipinski definition) is 7. The summed E-state index contributed by atoms with van der Waals surface area (Å²) in [5, 5.41) is 6.50. The highest BCUT2D eigenvalue weighted by Crippen LogP contribution is 2.26. The maximum absolute atomic E-state index is 13.8. The highest BCUT2D eigenvalue weighted by Gasteiger charge is 2.33. The summed E-state index contributed by atoms with van der Waals surface area (Å²) in [5.41, 5.74) is 1.92. The minimum atomic E-state index is -3.15. The van der Waals surface area contributed by atoms with E-state index in [1.54, 1.807) is 31.2 Å². The fourth-order valence-corrected chi connectivity index (χ4v) is 5.29. The van der Waals surface area contributed by atoms with Crippen LogP contribution in [-0.4, -0.2) is 48.4 Å². The normalized spacial score (nSPS) is 15.6. The number of aromatic nitrogens is 2. The van der Waals surface area contributed by atoms with Crippen molar-refractivity contribution in [2.45, 2.75) is 19.8 Å². The average molecular weight is 487 g/mol. The molecule has 1 aromatic heterocycles. The van der Waals surface area contributed by atoms with Gasteiger partial charge in [0.05, 0.1) is 11.5 Å². The molecule has 3 aromatic rings. The predicted octanol–water partition coefficient (Wildman–Crippen LogP) is 2.98. The van der Waals surface area contributed by atoms with Gasteiger partial charge in [-0.25, -0.2) is 12.8 Å². The molecule has 2 heterocycles. The molecular weight excluding hydrogens is 463 g/mol. The van der Waals surface area contributed by atoms with Crippen LogP contribution in [0.2, 0.25) is 0 Å². The maximum Gasteiger partial charge on any atom is 0.244 e. The monoisotopic (exact) mass is 486 g/mol. The molecule has 1 N–H and O–H groups in total.